The Kier molecular flexibility index (Phi) is 3.41. The quantitative estimate of drug-likeness (QED) is 0.850. The highest BCUT2D eigenvalue weighted by Gasteiger charge is 2.35. The van der Waals surface area contributed by atoms with Crippen molar-refractivity contribution >= 4 is 28.6 Å². The zero-order valence-electron chi connectivity index (χ0n) is 10.8. The molecule has 1 aliphatic rings. The molecule has 2 aromatic rings. The summed E-state index contributed by atoms with van der Waals surface area (Å²) in [7, 11) is 0. The van der Waals surface area contributed by atoms with Gasteiger partial charge in [-0.25, -0.2) is 4.98 Å². The molecule has 0 spiro atoms. The van der Waals surface area contributed by atoms with Gasteiger partial charge in [0.1, 0.15) is 0 Å². The molecule has 2 aromatic heterocycles. The summed E-state index contributed by atoms with van der Waals surface area (Å²) in [5.74, 6) is 0.169. The van der Waals surface area contributed by atoms with Crippen LogP contribution in [-0.4, -0.2) is 28.9 Å². The van der Waals surface area contributed by atoms with E-state index in [-0.39, 0.29) is 11.3 Å². The number of carbonyl (C=O) groups is 1. The molecule has 0 radical (unpaired) electrons. The largest absolute Gasteiger partial charge is 0.339 e. The highest BCUT2D eigenvalue weighted by Crippen LogP contribution is 2.36. The van der Waals surface area contributed by atoms with E-state index in [0.29, 0.717) is 0 Å². The average Bonchev–Trinajstić information content (AvgIpc) is 3.12. The maximum Gasteiger partial charge on any atom is 0.254 e. The van der Waals surface area contributed by atoms with Crippen LogP contribution in [0.15, 0.2) is 28.4 Å². The fourth-order valence-corrected chi connectivity index (χ4v) is 4.00. The second-order valence-corrected chi connectivity index (χ2v) is 6.88. The Morgan fingerprint density at radius 1 is 1.37 bits per heavy atom. The third kappa shape index (κ3) is 2.44. The molecule has 0 N–H and O–H groups in total. The van der Waals surface area contributed by atoms with E-state index in [0.717, 1.165) is 31.5 Å². The molecule has 0 atom stereocenters. The zero-order chi connectivity index (χ0) is 13.3. The van der Waals surface area contributed by atoms with Crippen molar-refractivity contribution in [1.29, 1.82) is 0 Å². The van der Waals surface area contributed by atoms with E-state index in [2.05, 4.69) is 11.9 Å². The van der Waals surface area contributed by atoms with Crippen LogP contribution in [0.5, 0.6) is 0 Å². The molecule has 5 heteroatoms. The number of likely N-dealkylation sites (tertiary alicyclic amines) is 1. The normalized spacial score (nSPS) is 18.5. The van der Waals surface area contributed by atoms with E-state index in [4.69, 9.17) is 0 Å². The van der Waals surface area contributed by atoms with E-state index < -0.39 is 0 Å². The second kappa shape index (κ2) is 5.06. The van der Waals surface area contributed by atoms with Gasteiger partial charge in [0.25, 0.3) is 5.91 Å². The lowest BCUT2D eigenvalue weighted by Crippen LogP contribution is -2.43. The fraction of sp³-hybridized carbons (Fsp3) is 0.429. The summed E-state index contributed by atoms with van der Waals surface area (Å²) in [6.45, 7) is 3.91. The molecule has 3 heterocycles. The second-order valence-electron chi connectivity index (χ2n) is 5.20. The maximum atomic E-state index is 12.3. The molecule has 0 aromatic carbocycles. The molecular formula is C14H16N2OS2. The minimum absolute atomic E-state index is 0.138. The lowest BCUT2D eigenvalue weighted by molar-refractivity contribution is 0.0676. The molecule has 0 unspecified atom stereocenters. The highest BCUT2D eigenvalue weighted by molar-refractivity contribution is 7.09. The molecule has 3 nitrogen and oxygen atoms in total. The van der Waals surface area contributed by atoms with Crippen molar-refractivity contribution in [3.05, 3.63) is 39.0 Å². The van der Waals surface area contributed by atoms with E-state index in [1.807, 2.05) is 33.3 Å². The van der Waals surface area contributed by atoms with E-state index in [1.54, 1.807) is 22.7 Å². The van der Waals surface area contributed by atoms with Crippen molar-refractivity contribution in [2.45, 2.75) is 25.2 Å². The first-order valence-corrected chi connectivity index (χ1v) is 8.23. The number of rotatable bonds is 2. The smallest absolute Gasteiger partial charge is 0.254 e. The molecule has 19 heavy (non-hydrogen) atoms. The van der Waals surface area contributed by atoms with Gasteiger partial charge in [0.2, 0.25) is 0 Å². The van der Waals surface area contributed by atoms with Gasteiger partial charge < -0.3 is 4.90 Å². The van der Waals surface area contributed by atoms with Crippen molar-refractivity contribution in [3.8, 4) is 0 Å². The van der Waals surface area contributed by atoms with Crippen molar-refractivity contribution < 1.29 is 4.79 Å². The minimum atomic E-state index is 0.138. The summed E-state index contributed by atoms with van der Waals surface area (Å²) in [6, 6.07) is 1.90. The Bertz CT molecular complexity index is 540. The number of aromatic nitrogens is 1. The van der Waals surface area contributed by atoms with Gasteiger partial charge in [0.15, 0.2) is 0 Å². The van der Waals surface area contributed by atoms with Crippen LogP contribution in [-0.2, 0) is 5.41 Å². The number of thiazole rings is 1. The standard InChI is InChI=1S/C14H16N2OS2/c1-14(13-15-5-9-19-13)3-6-16(7-4-14)12(17)11-2-8-18-10-11/h2,5,8-10H,3-4,6-7H2,1H3. The Balaban J connectivity index is 1.68. The van der Waals surface area contributed by atoms with Gasteiger partial charge in [-0.05, 0) is 24.3 Å². The first kappa shape index (κ1) is 12.8. The minimum Gasteiger partial charge on any atom is -0.339 e. The van der Waals surface area contributed by atoms with E-state index >= 15 is 0 Å². The van der Waals surface area contributed by atoms with Gasteiger partial charge in [-0.1, -0.05) is 6.92 Å². The predicted octanol–water partition coefficient (Wildman–Crippen LogP) is 3.40. The maximum absolute atomic E-state index is 12.3. The summed E-state index contributed by atoms with van der Waals surface area (Å²) < 4.78 is 0. The number of carbonyl (C=O) groups excluding carboxylic acids is 1. The molecule has 1 fully saturated rings. The third-order valence-electron chi connectivity index (χ3n) is 3.87. The van der Waals surface area contributed by atoms with Crippen LogP contribution in [0.2, 0.25) is 0 Å². The zero-order valence-corrected chi connectivity index (χ0v) is 12.5. The summed E-state index contributed by atoms with van der Waals surface area (Å²) >= 11 is 3.30. The molecule has 1 saturated heterocycles. The Labute approximate surface area is 120 Å². The Hall–Kier alpha value is -1.20. The Morgan fingerprint density at radius 2 is 2.16 bits per heavy atom. The van der Waals surface area contributed by atoms with E-state index in [1.165, 1.54) is 5.01 Å². The average molecular weight is 292 g/mol. The van der Waals surface area contributed by atoms with Crippen molar-refractivity contribution in [2.24, 2.45) is 0 Å². The predicted molar refractivity (Wildman–Crippen MR) is 78.9 cm³/mol. The molecular weight excluding hydrogens is 276 g/mol. The lowest BCUT2D eigenvalue weighted by Gasteiger charge is -2.38. The molecule has 3 rings (SSSR count). The number of amides is 1. The number of nitrogens with zero attached hydrogens (tertiary/aromatic N) is 2. The van der Waals surface area contributed by atoms with Crippen molar-refractivity contribution in [3.63, 3.8) is 0 Å². The Morgan fingerprint density at radius 3 is 2.74 bits per heavy atom. The summed E-state index contributed by atoms with van der Waals surface area (Å²) in [4.78, 5) is 18.7. The third-order valence-corrected chi connectivity index (χ3v) is 5.63. The number of hydrogen-bond acceptors (Lipinski definition) is 4. The number of hydrogen-bond donors (Lipinski definition) is 0. The summed E-state index contributed by atoms with van der Waals surface area (Å²) in [5.41, 5.74) is 0.961. The number of thiophene rings is 1. The molecule has 1 aliphatic heterocycles. The van der Waals surface area contributed by atoms with Crippen LogP contribution in [0.3, 0.4) is 0 Å². The first-order valence-electron chi connectivity index (χ1n) is 6.40. The molecule has 0 bridgehead atoms. The van der Waals surface area contributed by atoms with Crippen molar-refractivity contribution in [1.82, 2.24) is 9.88 Å². The van der Waals surface area contributed by atoms with Crippen LogP contribution >= 0.6 is 22.7 Å². The van der Waals surface area contributed by atoms with Gasteiger partial charge in [0.05, 0.1) is 10.6 Å². The molecule has 0 aliphatic carbocycles. The highest BCUT2D eigenvalue weighted by atomic mass is 32.1. The fourth-order valence-electron chi connectivity index (χ4n) is 2.51. The molecule has 0 saturated carbocycles. The van der Waals surface area contributed by atoms with Gasteiger partial charge >= 0.3 is 0 Å². The number of piperidine rings is 1. The van der Waals surface area contributed by atoms with Crippen molar-refractivity contribution in [2.75, 3.05) is 13.1 Å². The van der Waals surface area contributed by atoms with Crippen LogP contribution in [0.4, 0.5) is 0 Å². The summed E-state index contributed by atoms with van der Waals surface area (Å²) in [5, 5.41) is 7.12. The molecule has 100 valence electrons. The monoisotopic (exact) mass is 292 g/mol. The lowest BCUT2D eigenvalue weighted by atomic mass is 9.81. The molecule has 1 amide bonds. The van der Waals surface area contributed by atoms with Crippen LogP contribution < -0.4 is 0 Å². The SMILES string of the molecule is CC1(c2nccs2)CCN(C(=O)c2ccsc2)CC1. The van der Waals surface area contributed by atoms with E-state index in [9.17, 15) is 4.79 Å². The topological polar surface area (TPSA) is 33.2 Å². The summed E-state index contributed by atoms with van der Waals surface area (Å²) in [6.07, 6.45) is 3.86. The van der Waals surface area contributed by atoms with Gasteiger partial charge in [-0.15, -0.1) is 11.3 Å². The van der Waals surface area contributed by atoms with Gasteiger partial charge in [0, 0.05) is 35.5 Å². The van der Waals surface area contributed by atoms with Gasteiger partial charge in [-0.3, -0.25) is 4.79 Å². The van der Waals surface area contributed by atoms with Gasteiger partial charge in [-0.2, -0.15) is 11.3 Å². The van der Waals surface area contributed by atoms with Crippen LogP contribution in [0.1, 0.15) is 35.1 Å². The first-order chi connectivity index (χ1) is 9.19. The van der Waals surface area contributed by atoms with Crippen LogP contribution in [0, 0.1) is 0 Å². The van der Waals surface area contributed by atoms with Crippen LogP contribution in [0.25, 0.3) is 0 Å².